The number of amides is 1. The number of hydrogen-bond acceptors (Lipinski definition) is 8. The Morgan fingerprint density at radius 1 is 0.909 bits per heavy atom. The molecule has 0 saturated carbocycles. The Morgan fingerprint density at radius 3 is 2.00 bits per heavy atom. The number of halogens is 1. The number of esters is 2. The highest BCUT2D eigenvalue weighted by molar-refractivity contribution is 6.57. The van der Waals surface area contributed by atoms with E-state index in [1.807, 2.05) is 0 Å². The van der Waals surface area contributed by atoms with Gasteiger partial charge in [-0.3, -0.25) is 9.59 Å². The van der Waals surface area contributed by atoms with Gasteiger partial charge in [0.25, 0.3) is 5.91 Å². The molecule has 1 aliphatic rings. The Hall–Kier alpha value is -3.85. The standard InChI is InChI=1S/C23H21ClN4O5/c1-14-23(22(31)33-4,15(2)27-28(26-14)18-12-10-17(24)11-13-18)19(21(30)32-3)25-20(29)16-8-6-5-7-9-16/h5-13H,1-4H3. The number of nitrogens with zero attached hydrogens (tertiary/aromatic N) is 4. The number of methoxy groups -OCH3 is 2. The lowest BCUT2D eigenvalue weighted by Crippen LogP contribution is -2.57. The molecular weight excluding hydrogens is 448 g/mol. The number of hydrazone groups is 2. The van der Waals surface area contributed by atoms with Crippen molar-refractivity contribution in [3.05, 3.63) is 65.2 Å². The highest BCUT2D eigenvalue weighted by atomic mass is 35.5. The molecule has 0 atom stereocenters. The summed E-state index contributed by atoms with van der Waals surface area (Å²) in [5, 5.41) is 10.6. The first-order valence-corrected chi connectivity index (χ1v) is 10.2. The summed E-state index contributed by atoms with van der Waals surface area (Å²) < 4.78 is 9.89. The molecule has 0 radical (unpaired) electrons. The van der Waals surface area contributed by atoms with Gasteiger partial charge in [-0.1, -0.05) is 29.8 Å². The highest BCUT2D eigenvalue weighted by Gasteiger charge is 2.56. The van der Waals surface area contributed by atoms with Gasteiger partial charge in [0.05, 0.1) is 31.3 Å². The first kappa shape index (κ1) is 23.8. The summed E-state index contributed by atoms with van der Waals surface area (Å²) in [6.07, 6.45) is 0. The average Bonchev–Trinajstić information content (AvgIpc) is 2.83. The normalized spacial score (nSPS) is 15.3. The molecule has 33 heavy (non-hydrogen) atoms. The van der Waals surface area contributed by atoms with Gasteiger partial charge in [0.1, 0.15) is 0 Å². The molecular formula is C23H21ClN4O5. The van der Waals surface area contributed by atoms with Gasteiger partial charge in [0, 0.05) is 10.6 Å². The Labute approximate surface area is 195 Å². The highest BCUT2D eigenvalue weighted by Crippen LogP contribution is 2.33. The van der Waals surface area contributed by atoms with E-state index in [1.165, 1.54) is 31.1 Å². The van der Waals surface area contributed by atoms with Gasteiger partial charge < -0.3 is 9.47 Å². The van der Waals surface area contributed by atoms with Gasteiger partial charge in [-0.05, 0) is 50.2 Å². The maximum Gasteiger partial charge on any atom is 0.354 e. The fourth-order valence-electron chi connectivity index (χ4n) is 3.42. The van der Waals surface area contributed by atoms with Crippen molar-refractivity contribution in [2.45, 2.75) is 13.8 Å². The molecule has 0 unspecified atom stereocenters. The van der Waals surface area contributed by atoms with Crippen molar-refractivity contribution in [2.24, 2.45) is 20.6 Å². The van der Waals surface area contributed by atoms with Gasteiger partial charge in [-0.15, -0.1) is 0 Å². The van der Waals surface area contributed by atoms with E-state index in [0.717, 1.165) is 14.2 Å². The molecule has 0 aliphatic carbocycles. The summed E-state index contributed by atoms with van der Waals surface area (Å²) in [4.78, 5) is 42.8. The SMILES string of the molecule is COC(=O)C(=NC(=O)c1ccccc1)C1(C(=O)OC)C(C)=NN(c2ccc(Cl)cc2)N=C1C. The second-order valence-corrected chi connectivity index (χ2v) is 7.44. The monoisotopic (exact) mass is 468 g/mol. The van der Waals surface area contributed by atoms with Crippen LogP contribution in [0.2, 0.25) is 5.02 Å². The molecule has 1 aliphatic heterocycles. The van der Waals surface area contributed by atoms with Crippen LogP contribution in [0.15, 0.2) is 69.8 Å². The zero-order valence-electron chi connectivity index (χ0n) is 18.4. The van der Waals surface area contributed by atoms with Gasteiger partial charge >= 0.3 is 11.9 Å². The maximum absolute atomic E-state index is 13.2. The summed E-state index contributed by atoms with van der Waals surface area (Å²) >= 11 is 5.95. The van der Waals surface area contributed by atoms with E-state index in [9.17, 15) is 14.4 Å². The second-order valence-electron chi connectivity index (χ2n) is 7.00. The first-order chi connectivity index (χ1) is 15.7. The molecule has 2 aromatic carbocycles. The van der Waals surface area contributed by atoms with Crippen molar-refractivity contribution < 1.29 is 23.9 Å². The fraction of sp³-hybridized carbons (Fsp3) is 0.217. The van der Waals surface area contributed by atoms with E-state index >= 15 is 0 Å². The van der Waals surface area contributed by atoms with Crippen LogP contribution >= 0.6 is 11.6 Å². The number of hydrogen-bond donors (Lipinski definition) is 0. The molecule has 1 amide bonds. The summed E-state index contributed by atoms with van der Waals surface area (Å²) in [6, 6.07) is 14.8. The zero-order chi connectivity index (χ0) is 24.2. The molecule has 0 spiro atoms. The van der Waals surface area contributed by atoms with Crippen molar-refractivity contribution in [1.82, 2.24) is 0 Å². The molecule has 10 heteroatoms. The molecule has 170 valence electrons. The number of benzene rings is 2. The molecule has 3 rings (SSSR count). The molecule has 0 N–H and O–H groups in total. The Balaban J connectivity index is 2.20. The van der Waals surface area contributed by atoms with E-state index in [4.69, 9.17) is 21.1 Å². The summed E-state index contributed by atoms with van der Waals surface area (Å²) in [7, 11) is 2.28. The van der Waals surface area contributed by atoms with Crippen LogP contribution in [-0.4, -0.2) is 49.2 Å². The molecule has 0 fully saturated rings. The quantitative estimate of drug-likeness (QED) is 0.490. The summed E-state index contributed by atoms with van der Waals surface area (Å²) in [5.74, 6) is -2.61. The number of carbonyl (C=O) groups excluding carboxylic acids is 3. The zero-order valence-corrected chi connectivity index (χ0v) is 19.2. The van der Waals surface area contributed by atoms with Crippen molar-refractivity contribution in [3.63, 3.8) is 0 Å². The van der Waals surface area contributed by atoms with Crippen molar-refractivity contribution >= 4 is 52.3 Å². The maximum atomic E-state index is 13.2. The van der Waals surface area contributed by atoms with Crippen molar-refractivity contribution in [2.75, 3.05) is 19.3 Å². The van der Waals surface area contributed by atoms with Crippen LogP contribution in [0.4, 0.5) is 5.69 Å². The van der Waals surface area contributed by atoms with Gasteiger partial charge in [-0.2, -0.15) is 15.3 Å². The lowest BCUT2D eigenvalue weighted by atomic mass is 9.74. The molecule has 1 heterocycles. The minimum atomic E-state index is -1.96. The summed E-state index contributed by atoms with van der Waals surface area (Å²) in [5.41, 5.74) is -1.45. The predicted molar refractivity (Wildman–Crippen MR) is 125 cm³/mol. The largest absolute Gasteiger partial charge is 0.468 e. The van der Waals surface area contributed by atoms with E-state index in [-0.39, 0.29) is 17.0 Å². The number of ether oxygens (including phenoxy) is 2. The molecule has 0 aromatic heterocycles. The minimum absolute atomic E-state index is 0.113. The number of rotatable bonds is 5. The third-order valence-corrected chi connectivity index (χ3v) is 5.34. The minimum Gasteiger partial charge on any atom is -0.468 e. The predicted octanol–water partition coefficient (Wildman–Crippen LogP) is 3.53. The van der Waals surface area contributed by atoms with Crippen LogP contribution < -0.4 is 5.12 Å². The lowest BCUT2D eigenvalue weighted by Gasteiger charge is -2.35. The molecule has 0 saturated heterocycles. The van der Waals surface area contributed by atoms with Gasteiger partial charge in [-0.25, -0.2) is 9.79 Å². The second kappa shape index (κ2) is 9.74. The topological polar surface area (TPSA) is 110 Å². The smallest absolute Gasteiger partial charge is 0.354 e. The van der Waals surface area contributed by atoms with Gasteiger partial charge in [0.15, 0.2) is 11.1 Å². The third-order valence-electron chi connectivity index (χ3n) is 5.09. The van der Waals surface area contributed by atoms with Crippen LogP contribution in [0.3, 0.4) is 0 Å². The van der Waals surface area contributed by atoms with Crippen LogP contribution in [0.25, 0.3) is 0 Å². The first-order valence-electron chi connectivity index (χ1n) is 9.78. The van der Waals surface area contributed by atoms with Crippen molar-refractivity contribution in [3.8, 4) is 0 Å². The lowest BCUT2D eigenvalue weighted by molar-refractivity contribution is -0.144. The van der Waals surface area contributed by atoms with E-state index in [0.29, 0.717) is 10.7 Å². The van der Waals surface area contributed by atoms with E-state index in [1.54, 1.807) is 42.5 Å². The number of carbonyl (C=O) groups is 3. The van der Waals surface area contributed by atoms with Crippen LogP contribution in [0.1, 0.15) is 24.2 Å². The van der Waals surface area contributed by atoms with Crippen LogP contribution in [0.5, 0.6) is 0 Å². The van der Waals surface area contributed by atoms with Crippen molar-refractivity contribution in [1.29, 1.82) is 0 Å². The Kier molecular flexibility index (Phi) is 7.03. The third kappa shape index (κ3) is 4.40. The number of aliphatic imine (C=N–C) groups is 1. The van der Waals surface area contributed by atoms with Crippen LogP contribution in [0, 0.1) is 5.41 Å². The van der Waals surface area contributed by atoms with E-state index in [2.05, 4.69) is 15.2 Å². The molecule has 2 aromatic rings. The van der Waals surface area contributed by atoms with Crippen LogP contribution in [-0.2, 0) is 19.1 Å². The van der Waals surface area contributed by atoms with E-state index < -0.39 is 29.0 Å². The Bertz CT molecular complexity index is 1150. The molecule has 0 bridgehead atoms. The summed E-state index contributed by atoms with van der Waals surface area (Å²) in [6.45, 7) is 3.03. The van der Waals surface area contributed by atoms with Gasteiger partial charge in [0.2, 0.25) is 0 Å². The molecule has 9 nitrogen and oxygen atoms in total. The fourth-order valence-corrected chi connectivity index (χ4v) is 3.55. The average molecular weight is 469 g/mol. The Morgan fingerprint density at radius 2 is 1.48 bits per heavy atom. The number of anilines is 1.